The number of hydrogen-bond acceptors (Lipinski definition) is 6. The number of rotatable bonds is 3. The lowest BCUT2D eigenvalue weighted by atomic mass is 10.1. The fourth-order valence-corrected chi connectivity index (χ4v) is 1.77. The lowest BCUT2D eigenvalue weighted by Gasteiger charge is -2.14. The van der Waals surface area contributed by atoms with E-state index in [1.807, 2.05) is 10.6 Å². The van der Waals surface area contributed by atoms with E-state index in [1.54, 1.807) is 0 Å². The number of amides is 4. The molecule has 8 nitrogen and oxygen atoms in total. The summed E-state index contributed by atoms with van der Waals surface area (Å²) in [6.07, 6.45) is 1.25. The van der Waals surface area contributed by atoms with Gasteiger partial charge in [0.1, 0.15) is 5.57 Å². The molecule has 0 unspecified atom stereocenters. The number of nitrogens with one attached hydrogen (secondary N) is 2. The molecule has 0 atom stereocenters. The quantitative estimate of drug-likeness (QED) is 0.540. The van der Waals surface area contributed by atoms with Gasteiger partial charge in [0.25, 0.3) is 11.8 Å². The van der Waals surface area contributed by atoms with Gasteiger partial charge in [0, 0.05) is 0 Å². The molecule has 4 amide bonds. The second-order valence-electron chi connectivity index (χ2n) is 4.07. The zero-order chi connectivity index (χ0) is 15.6. The van der Waals surface area contributed by atoms with Crippen LogP contribution in [0.5, 0.6) is 17.2 Å². The summed E-state index contributed by atoms with van der Waals surface area (Å²) < 4.78 is 9.95. The zero-order valence-corrected chi connectivity index (χ0v) is 11.2. The predicted octanol–water partition coefficient (Wildman–Crippen LogP) is 0.159. The predicted molar refractivity (Wildman–Crippen MR) is 70.9 cm³/mol. The number of ether oxygens (including phenoxy) is 2. The maximum Gasteiger partial charge on any atom is 0.328 e. The van der Waals surface area contributed by atoms with Crippen molar-refractivity contribution in [2.45, 2.75) is 0 Å². The Labute approximate surface area is 119 Å². The Morgan fingerprint density at radius 1 is 1.00 bits per heavy atom. The van der Waals surface area contributed by atoms with Crippen LogP contribution < -0.4 is 20.1 Å². The number of carbonyl (C=O) groups is 3. The van der Waals surface area contributed by atoms with E-state index in [0.717, 1.165) is 0 Å². The van der Waals surface area contributed by atoms with Crippen molar-refractivity contribution in [2.75, 3.05) is 14.2 Å². The van der Waals surface area contributed by atoms with Crippen molar-refractivity contribution >= 4 is 23.9 Å². The number of phenols is 1. The van der Waals surface area contributed by atoms with Gasteiger partial charge >= 0.3 is 6.03 Å². The number of methoxy groups -OCH3 is 2. The standard InChI is InChI=1S/C13H12N2O6/c1-20-8-4-6(5-9(21-2)10(8)16)3-7-11(17)14-13(19)15-12(7)18/h3-5,16H,1-2H3,(H2,14,15,17,18,19). The third kappa shape index (κ3) is 2.78. The van der Waals surface area contributed by atoms with Gasteiger partial charge in [0.15, 0.2) is 11.5 Å². The van der Waals surface area contributed by atoms with Gasteiger partial charge in [0.2, 0.25) is 5.75 Å². The molecule has 0 radical (unpaired) electrons. The van der Waals surface area contributed by atoms with Crippen molar-refractivity contribution in [3.8, 4) is 17.2 Å². The van der Waals surface area contributed by atoms with Crippen LogP contribution >= 0.6 is 0 Å². The van der Waals surface area contributed by atoms with Crippen LogP contribution in [-0.4, -0.2) is 37.2 Å². The molecule has 2 rings (SSSR count). The lowest BCUT2D eigenvalue weighted by Crippen LogP contribution is -2.51. The summed E-state index contributed by atoms with van der Waals surface area (Å²) in [5.74, 6) is -1.58. The Hall–Kier alpha value is -3.03. The number of phenolic OH excluding ortho intramolecular Hbond substituents is 1. The summed E-state index contributed by atoms with van der Waals surface area (Å²) in [6.45, 7) is 0. The molecule has 1 fully saturated rings. The van der Waals surface area contributed by atoms with Gasteiger partial charge in [-0.15, -0.1) is 0 Å². The van der Waals surface area contributed by atoms with Gasteiger partial charge < -0.3 is 14.6 Å². The van der Waals surface area contributed by atoms with Crippen LogP contribution in [0.1, 0.15) is 5.56 Å². The molecule has 8 heteroatoms. The highest BCUT2D eigenvalue weighted by Gasteiger charge is 2.27. The van der Waals surface area contributed by atoms with E-state index < -0.39 is 17.8 Å². The molecule has 1 aliphatic rings. The van der Waals surface area contributed by atoms with Crippen molar-refractivity contribution in [3.05, 3.63) is 23.3 Å². The fraction of sp³-hybridized carbons (Fsp3) is 0.154. The first-order valence-corrected chi connectivity index (χ1v) is 5.79. The molecule has 1 aromatic carbocycles. The van der Waals surface area contributed by atoms with Crippen molar-refractivity contribution < 1.29 is 29.0 Å². The van der Waals surface area contributed by atoms with E-state index in [2.05, 4.69) is 0 Å². The SMILES string of the molecule is COc1cc(C=C2C(=O)NC(=O)NC2=O)cc(OC)c1O. The van der Waals surface area contributed by atoms with Gasteiger partial charge in [-0.25, -0.2) is 4.79 Å². The van der Waals surface area contributed by atoms with Crippen molar-refractivity contribution in [3.63, 3.8) is 0 Å². The number of hydrogen-bond donors (Lipinski definition) is 3. The lowest BCUT2D eigenvalue weighted by molar-refractivity contribution is -0.123. The molecule has 21 heavy (non-hydrogen) atoms. The van der Waals surface area contributed by atoms with E-state index in [0.29, 0.717) is 5.56 Å². The molecular weight excluding hydrogens is 280 g/mol. The van der Waals surface area contributed by atoms with Crippen LogP contribution in [0.15, 0.2) is 17.7 Å². The molecule has 1 saturated heterocycles. The van der Waals surface area contributed by atoms with E-state index in [4.69, 9.17) is 9.47 Å². The smallest absolute Gasteiger partial charge is 0.328 e. The zero-order valence-electron chi connectivity index (χ0n) is 11.2. The third-order valence-electron chi connectivity index (χ3n) is 2.76. The first-order valence-electron chi connectivity index (χ1n) is 5.79. The summed E-state index contributed by atoms with van der Waals surface area (Å²) in [5.41, 5.74) is 0.139. The topological polar surface area (TPSA) is 114 Å². The molecule has 0 aliphatic carbocycles. The molecule has 1 aliphatic heterocycles. The number of carbonyl (C=O) groups excluding carboxylic acids is 3. The third-order valence-corrected chi connectivity index (χ3v) is 2.76. The normalized spacial score (nSPS) is 14.4. The van der Waals surface area contributed by atoms with Gasteiger partial charge in [-0.2, -0.15) is 0 Å². The average Bonchev–Trinajstić information content (AvgIpc) is 2.44. The molecule has 1 heterocycles. The molecule has 0 saturated carbocycles. The summed E-state index contributed by atoms with van der Waals surface area (Å²) in [5, 5.41) is 13.7. The first-order chi connectivity index (χ1) is 9.96. The summed E-state index contributed by atoms with van der Waals surface area (Å²) in [4.78, 5) is 34.2. The van der Waals surface area contributed by atoms with Crippen molar-refractivity contribution in [1.82, 2.24) is 10.6 Å². The van der Waals surface area contributed by atoms with Crippen LogP contribution in [-0.2, 0) is 9.59 Å². The van der Waals surface area contributed by atoms with Gasteiger partial charge in [-0.05, 0) is 23.8 Å². The number of imide groups is 2. The highest BCUT2D eigenvalue weighted by Crippen LogP contribution is 2.37. The number of benzene rings is 1. The van der Waals surface area contributed by atoms with E-state index in [1.165, 1.54) is 32.4 Å². The molecule has 3 N–H and O–H groups in total. The fourth-order valence-electron chi connectivity index (χ4n) is 1.77. The van der Waals surface area contributed by atoms with E-state index in [-0.39, 0.29) is 22.8 Å². The molecule has 1 aromatic rings. The second kappa shape index (κ2) is 5.53. The van der Waals surface area contributed by atoms with Gasteiger partial charge in [0.05, 0.1) is 14.2 Å². The largest absolute Gasteiger partial charge is 0.502 e. The molecule has 0 aromatic heterocycles. The van der Waals surface area contributed by atoms with Crippen LogP contribution in [0.3, 0.4) is 0 Å². The summed E-state index contributed by atoms with van der Waals surface area (Å²) in [7, 11) is 2.70. The van der Waals surface area contributed by atoms with Crippen LogP contribution in [0, 0.1) is 0 Å². The van der Waals surface area contributed by atoms with E-state index >= 15 is 0 Å². The Morgan fingerprint density at radius 2 is 1.48 bits per heavy atom. The Kier molecular flexibility index (Phi) is 3.79. The molecule has 0 bridgehead atoms. The maximum absolute atomic E-state index is 11.6. The summed E-state index contributed by atoms with van der Waals surface area (Å²) in [6, 6.07) is 1.96. The molecule has 110 valence electrons. The van der Waals surface area contributed by atoms with Crippen LogP contribution in [0.2, 0.25) is 0 Å². The Balaban J connectivity index is 2.47. The minimum atomic E-state index is -0.872. The Bertz CT molecular complexity index is 618. The van der Waals surface area contributed by atoms with Gasteiger partial charge in [-0.3, -0.25) is 20.2 Å². The minimum Gasteiger partial charge on any atom is -0.502 e. The van der Waals surface area contributed by atoms with Crippen LogP contribution in [0.25, 0.3) is 6.08 Å². The number of aromatic hydroxyl groups is 1. The average molecular weight is 292 g/mol. The highest BCUT2D eigenvalue weighted by atomic mass is 16.5. The molecular formula is C13H12N2O6. The molecule has 0 spiro atoms. The van der Waals surface area contributed by atoms with Crippen molar-refractivity contribution in [1.29, 1.82) is 0 Å². The van der Waals surface area contributed by atoms with Crippen LogP contribution in [0.4, 0.5) is 4.79 Å². The van der Waals surface area contributed by atoms with Crippen molar-refractivity contribution in [2.24, 2.45) is 0 Å². The second-order valence-corrected chi connectivity index (χ2v) is 4.07. The maximum atomic E-state index is 11.6. The minimum absolute atomic E-state index is 0.119. The Morgan fingerprint density at radius 3 is 1.90 bits per heavy atom. The number of urea groups is 1. The monoisotopic (exact) mass is 292 g/mol. The highest BCUT2D eigenvalue weighted by molar-refractivity contribution is 6.31. The van der Waals surface area contributed by atoms with Gasteiger partial charge in [-0.1, -0.05) is 0 Å². The first kappa shape index (κ1) is 14.4. The summed E-state index contributed by atoms with van der Waals surface area (Å²) >= 11 is 0. The van der Waals surface area contributed by atoms with E-state index in [9.17, 15) is 19.5 Å². The number of barbiturate groups is 1.